The van der Waals surface area contributed by atoms with Crippen LogP contribution in [-0.4, -0.2) is 11.7 Å². The molecule has 0 saturated carbocycles. The summed E-state index contributed by atoms with van der Waals surface area (Å²) in [6.07, 6.45) is 6.40. The van der Waals surface area contributed by atoms with Crippen LogP contribution in [0.5, 0.6) is 0 Å². The molecule has 1 radical (unpaired) electrons. The normalized spacial score (nSPS) is 14.0. The standard InChI is InChI=1S/C17H18NO/c1-2-3-11-18-14-9-7-12-5-4-6-13-8-10-15(19)17(14)16(12)13/h4-10,18-19H,2-3,11H2,1H3. The molecule has 0 aromatic heterocycles. The van der Waals surface area contributed by atoms with Gasteiger partial charge in [-0.2, -0.15) is 0 Å². The van der Waals surface area contributed by atoms with Crippen LogP contribution in [0.25, 0.3) is 16.8 Å². The monoisotopic (exact) mass is 252 g/mol. The quantitative estimate of drug-likeness (QED) is 0.794. The van der Waals surface area contributed by atoms with E-state index in [1.165, 1.54) is 10.9 Å². The van der Waals surface area contributed by atoms with Crippen LogP contribution < -0.4 is 5.32 Å². The molecule has 97 valence electrons. The first-order valence-electron chi connectivity index (χ1n) is 6.85. The van der Waals surface area contributed by atoms with Crippen LogP contribution in [0.4, 0.5) is 5.69 Å². The molecule has 0 heterocycles. The maximum absolute atomic E-state index is 10.2. The zero-order chi connectivity index (χ0) is 13.2. The molecule has 2 N–H and O–H groups in total. The first-order chi connectivity index (χ1) is 9.31. The fraction of sp³-hybridized carbons (Fsp3) is 0.235. The molecule has 0 aliphatic heterocycles. The summed E-state index contributed by atoms with van der Waals surface area (Å²) in [4.78, 5) is 0. The van der Waals surface area contributed by atoms with E-state index >= 15 is 0 Å². The predicted octanol–water partition coefficient (Wildman–Crippen LogP) is 4.33. The maximum Gasteiger partial charge on any atom is 0.147 e. The van der Waals surface area contributed by atoms with Crippen molar-refractivity contribution in [2.45, 2.75) is 19.8 Å². The number of unbranched alkanes of at least 4 members (excludes halogenated alkanes) is 1. The number of nitrogens with one attached hydrogen (secondary N) is 1. The van der Waals surface area contributed by atoms with Crippen molar-refractivity contribution in [1.29, 1.82) is 0 Å². The minimum absolute atomic E-state index is 0.350. The van der Waals surface area contributed by atoms with Crippen LogP contribution in [0.2, 0.25) is 0 Å². The molecule has 1 aliphatic carbocycles. The van der Waals surface area contributed by atoms with Crippen LogP contribution in [0.1, 0.15) is 30.9 Å². The van der Waals surface area contributed by atoms with Crippen LogP contribution in [0.3, 0.4) is 0 Å². The summed E-state index contributed by atoms with van der Waals surface area (Å²) in [6, 6.07) is 10.4. The Labute approximate surface area is 113 Å². The van der Waals surface area contributed by atoms with Gasteiger partial charge in [-0.15, -0.1) is 0 Å². The Kier molecular flexibility index (Phi) is 3.26. The van der Waals surface area contributed by atoms with E-state index < -0.39 is 0 Å². The summed E-state index contributed by atoms with van der Waals surface area (Å²) in [7, 11) is 0. The molecule has 19 heavy (non-hydrogen) atoms. The minimum Gasteiger partial charge on any atom is -0.385 e. The molecular weight excluding hydrogens is 234 g/mol. The molecule has 0 saturated heterocycles. The smallest absolute Gasteiger partial charge is 0.147 e. The lowest BCUT2D eigenvalue weighted by Gasteiger charge is -2.21. The molecule has 2 nitrogen and oxygen atoms in total. The van der Waals surface area contributed by atoms with Gasteiger partial charge < -0.3 is 10.4 Å². The molecule has 3 rings (SSSR count). The second-order valence-electron chi connectivity index (χ2n) is 4.93. The summed E-state index contributed by atoms with van der Waals surface area (Å²) in [5.41, 5.74) is 3.13. The van der Waals surface area contributed by atoms with Gasteiger partial charge in [0.15, 0.2) is 0 Å². The highest BCUT2D eigenvalue weighted by Crippen LogP contribution is 2.37. The van der Waals surface area contributed by atoms with Crippen molar-refractivity contribution in [2.24, 2.45) is 0 Å². The Bertz CT molecular complexity index is 630. The maximum atomic E-state index is 10.2. The third-order valence-corrected chi connectivity index (χ3v) is 3.60. The van der Waals surface area contributed by atoms with E-state index in [4.69, 9.17) is 0 Å². The molecule has 0 bridgehead atoms. The van der Waals surface area contributed by atoms with E-state index in [0.29, 0.717) is 6.10 Å². The van der Waals surface area contributed by atoms with Crippen molar-refractivity contribution in [3.05, 3.63) is 53.6 Å². The van der Waals surface area contributed by atoms with E-state index in [-0.39, 0.29) is 0 Å². The van der Waals surface area contributed by atoms with Crippen molar-refractivity contribution in [1.82, 2.24) is 0 Å². The first-order valence-corrected chi connectivity index (χ1v) is 6.85. The lowest BCUT2D eigenvalue weighted by Crippen LogP contribution is -2.09. The van der Waals surface area contributed by atoms with Crippen molar-refractivity contribution in [2.75, 3.05) is 11.9 Å². The van der Waals surface area contributed by atoms with Gasteiger partial charge in [-0.25, -0.2) is 0 Å². The van der Waals surface area contributed by atoms with Gasteiger partial charge in [0.1, 0.15) is 6.10 Å². The molecular formula is C17H18NO. The largest absolute Gasteiger partial charge is 0.385 e. The van der Waals surface area contributed by atoms with Crippen LogP contribution in [0.15, 0.2) is 36.4 Å². The molecule has 0 fully saturated rings. The van der Waals surface area contributed by atoms with Gasteiger partial charge in [0.25, 0.3) is 0 Å². The molecule has 0 amide bonds. The minimum atomic E-state index is 0.350. The van der Waals surface area contributed by atoms with Gasteiger partial charge in [-0.3, -0.25) is 0 Å². The number of hydrogen-bond acceptors (Lipinski definition) is 2. The van der Waals surface area contributed by atoms with Crippen molar-refractivity contribution >= 4 is 22.5 Å². The van der Waals surface area contributed by atoms with Crippen molar-refractivity contribution < 1.29 is 5.11 Å². The molecule has 2 aromatic rings. The van der Waals surface area contributed by atoms with Gasteiger partial charge in [-0.05, 0) is 34.9 Å². The molecule has 2 aromatic carbocycles. The zero-order valence-corrected chi connectivity index (χ0v) is 11.1. The van der Waals surface area contributed by atoms with Gasteiger partial charge >= 0.3 is 0 Å². The van der Waals surface area contributed by atoms with Crippen LogP contribution >= 0.6 is 0 Å². The summed E-state index contributed by atoms with van der Waals surface area (Å²) < 4.78 is 0. The Balaban J connectivity index is 2.11. The number of rotatable bonds is 4. The lowest BCUT2D eigenvalue weighted by molar-refractivity contribution is 0.365. The summed E-state index contributed by atoms with van der Waals surface area (Å²) in [5, 5.41) is 15.9. The highest BCUT2D eigenvalue weighted by Gasteiger charge is 2.19. The number of hydrogen-bond donors (Lipinski definition) is 2. The summed E-state index contributed by atoms with van der Waals surface area (Å²) in [6.45, 7) is 3.12. The third-order valence-electron chi connectivity index (χ3n) is 3.60. The van der Waals surface area contributed by atoms with Crippen LogP contribution in [0, 0.1) is 6.10 Å². The van der Waals surface area contributed by atoms with Crippen LogP contribution in [-0.2, 0) is 0 Å². The Hall–Kier alpha value is -1.80. The Morgan fingerprint density at radius 1 is 1.11 bits per heavy atom. The van der Waals surface area contributed by atoms with E-state index in [1.54, 1.807) is 6.08 Å². The highest BCUT2D eigenvalue weighted by atomic mass is 16.3. The average molecular weight is 252 g/mol. The van der Waals surface area contributed by atoms with E-state index in [9.17, 15) is 5.11 Å². The second-order valence-corrected chi connectivity index (χ2v) is 4.93. The van der Waals surface area contributed by atoms with Crippen molar-refractivity contribution in [3.8, 4) is 0 Å². The number of aliphatic hydroxyl groups is 1. The number of benzene rings is 2. The topological polar surface area (TPSA) is 32.3 Å². The van der Waals surface area contributed by atoms with Gasteiger partial charge in [0.05, 0.1) is 0 Å². The predicted molar refractivity (Wildman–Crippen MR) is 80.7 cm³/mol. The molecule has 0 unspecified atom stereocenters. The second kappa shape index (κ2) is 5.06. The summed E-state index contributed by atoms with van der Waals surface area (Å²) >= 11 is 0. The number of anilines is 1. The Morgan fingerprint density at radius 2 is 2.00 bits per heavy atom. The average Bonchev–Trinajstić information content (AvgIpc) is 2.44. The van der Waals surface area contributed by atoms with Gasteiger partial charge in [-0.1, -0.05) is 43.7 Å². The van der Waals surface area contributed by atoms with Gasteiger partial charge in [0, 0.05) is 17.8 Å². The third kappa shape index (κ3) is 2.13. The van der Waals surface area contributed by atoms with Gasteiger partial charge in [0.2, 0.25) is 0 Å². The fourth-order valence-electron chi connectivity index (χ4n) is 2.61. The summed E-state index contributed by atoms with van der Waals surface area (Å²) in [5.74, 6) is 0. The number of aliphatic hydroxyl groups excluding tert-OH is 1. The highest BCUT2D eigenvalue weighted by molar-refractivity contribution is 6.00. The fourth-order valence-corrected chi connectivity index (χ4v) is 2.61. The lowest BCUT2D eigenvalue weighted by atomic mass is 9.90. The molecule has 2 heteroatoms. The molecule has 0 atom stereocenters. The zero-order valence-electron chi connectivity index (χ0n) is 11.1. The van der Waals surface area contributed by atoms with Crippen molar-refractivity contribution in [3.63, 3.8) is 0 Å². The molecule has 0 spiro atoms. The van der Waals surface area contributed by atoms with E-state index in [1.807, 2.05) is 6.08 Å². The SMILES string of the molecule is CCCCNc1ccc2cccc3c2c1[C](O)C=C3. The molecule has 1 aliphatic rings. The first kappa shape index (κ1) is 12.2. The van der Waals surface area contributed by atoms with E-state index in [2.05, 4.69) is 42.6 Å². The Morgan fingerprint density at radius 3 is 2.84 bits per heavy atom. The van der Waals surface area contributed by atoms with E-state index in [0.717, 1.165) is 36.0 Å².